The van der Waals surface area contributed by atoms with Gasteiger partial charge in [-0.1, -0.05) is 19.0 Å². The summed E-state index contributed by atoms with van der Waals surface area (Å²) < 4.78 is 0. The lowest BCUT2D eigenvalue weighted by molar-refractivity contribution is -0.0332. The molecule has 0 aromatic rings. The Hall–Kier alpha value is -0.530. The van der Waals surface area contributed by atoms with Crippen LogP contribution in [0.1, 0.15) is 40.5 Å². The molecule has 0 fully saturated rings. The van der Waals surface area contributed by atoms with Gasteiger partial charge in [-0.3, -0.25) is 0 Å². The molecule has 2 atom stereocenters. The normalized spacial score (nSPS) is 36.7. The lowest BCUT2D eigenvalue weighted by Gasteiger charge is -2.26. The lowest BCUT2D eigenvalue weighted by atomic mass is 9.83. The van der Waals surface area contributed by atoms with Crippen molar-refractivity contribution >= 4 is 5.71 Å². The highest BCUT2D eigenvalue weighted by Crippen LogP contribution is 2.34. The Balaban J connectivity index is 2.75. The Bertz CT molecular complexity index is 176. The molecule has 0 radical (unpaired) electrons. The first kappa shape index (κ1) is 8.57. The third kappa shape index (κ3) is 1.26. The van der Waals surface area contributed by atoms with Gasteiger partial charge >= 0.3 is 0 Å². The topological polar surface area (TPSA) is 21.6 Å². The molecule has 1 aliphatic heterocycles. The maximum atomic E-state index is 5.39. The van der Waals surface area contributed by atoms with Crippen LogP contribution in [0.25, 0.3) is 0 Å². The van der Waals surface area contributed by atoms with Crippen molar-refractivity contribution in [3.63, 3.8) is 0 Å². The predicted octanol–water partition coefficient (Wildman–Crippen LogP) is 2.59. The summed E-state index contributed by atoms with van der Waals surface area (Å²) in [5.74, 6) is 0.521. The van der Waals surface area contributed by atoms with E-state index in [0.717, 1.165) is 18.6 Å². The van der Waals surface area contributed by atoms with Crippen LogP contribution in [0.2, 0.25) is 0 Å². The van der Waals surface area contributed by atoms with Crippen LogP contribution >= 0.6 is 0 Å². The Morgan fingerprint density at radius 1 is 1.55 bits per heavy atom. The molecule has 0 aromatic heterocycles. The number of hydrogen-bond acceptors (Lipinski definition) is 2. The molecule has 0 saturated heterocycles. The molecule has 0 aromatic carbocycles. The molecule has 2 nitrogen and oxygen atoms in total. The number of oxime groups is 1. The van der Waals surface area contributed by atoms with Crippen molar-refractivity contribution < 1.29 is 4.84 Å². The summed E-state index contributed by atoms with van der Waals surface area (Å²) in [5.41, 5.74) is 1.12. The Morgan fingerprint density at radius 3 is 2.55 bits per heavy atom. The SMILES string of the molecule is CCC1C(C)=NOC1(C)CC. The highest BCUT2D eigenvalue weighted by Gasteiger charge is 2.40. The number of nitrogens with zero attached hydrogens (tertiary/aromatic N) is 1. The van der Waals surface area contributed by atoms with Crippen molar-refractivity contribution in [2.45, 2.75) is 46.1 Å². The van der Waals surface area contributed by atoms with Gasteiger partial charge in [-0.25, -0.2) is 0 Å². The zero-order valence-electron chi connectivity index (χ0n) is 7.85. The predicted molar refractivity (Wildman–Crippen MR) is 46.7 cm³/mol. The van der Waals surface area contributed by atoms with Crippen LogP contribution < -0.4 is 0 Å². The van der Waals surface area contributed by atoms with Gasteiger partial charge in [-0.05, 0) is 26.7 Å². The molecule has 0 aliphatic carbocycles. The molecule has 1 heterocycles. The molecular weight excluding hydrogens is 138 g/mol. The second-order valence-electron chi connectivity index (χ2n) is 3.45. The summed E-state index contributed by atoms with van der Waals surface area (Å²) in [6, 6.07) is 0. The maximum Gasteiger partial charge on any atom is 0.142 e. The van der Waals surface area contributed by atoms with E-state index in [-0.39, 0.29) is 5.60 Å². The van der Waals surface area contributed by atoms with Crippen LogP contribution in [-0.2, 0) is 4.84 Å². The van der Waals surface area contributed by atoms with Crippen molar-refractivity contribution in [3.05, 3.63) is 0 Å². The molecule has 1 aliphatic rings. The molecule has 2 heteroatoms. The van der Waals surface area contributed by atoms with Crippen LogP contribution in [0.15, 0.2) is 5.16 Å². The maximum absolute atomic E-state index is 5.39. The van der Waals surface area contributed by atoms with Gasteiger partial charge in [-0.15, -0.1) is 0 Å². The van der Waals surface area contributed by atoms with E-state index < -0.39 is 0 Å². The van der Waals surface area contributed by atoms with E-state index in [1.54, 1.807) is 0 Å². The summed E-state index contributed by atoms with van der Waals surface area (Å²) in [5, 5.41) is 4.03. The minimum absolute atomic E-state index is 0.0289. The Labute approximate surface area is 68.6 Å². The Kier molecular flexibility index (Phi) is 2.21. The molecule has 0 bridgehead atoms. The van der Waals surface area contributed by atoms with Crippen molar-refractivity contribution in [2.75, 3.05) is 0 Å². The van der Waals surface area contributed by atoms with Crippen LogP contribution in [0, 0.1) is 5.92 Å². The molecule has 64 valence electrons. The van der Waals surface area contributed by atoms with Gasteiger partial charge in [0.25, 0.3) is 0 Å². The van der Waals surface area contributed by atoms with Gasteiger partial charge in [0.1, 0.15) is 5.60 Å². The van der Waals surface area contributed by atoms with E-state index in [9.17, 15) is 0 Å². The molecule has 11 heavy (non-hydrogen) atoms. The zero-order chi connectivity index (χ0) is 8.48. The van der Waals surface area contributed by atoms with E-state index in [1.807, 2.05) is 0 Å². The summed E-state index contributed by atoms with van der Waals surface area (Å²) in [6.45, 7) is 8.53. The molecule has 0 N–H and O–H groups in total. The quantitative estimate of drug-likeness (QED) is 0.600. The standard InChI is InChI=1S/C9H17NO/c1-5-8-7(3)10-11-9(8,4)6-2/h8H,5-6H2,1-4H3. The highest BCUT2D eigenvalue weighted by molar-refractivity contribution is 5.86. The van der Waals surface area contributed by atoms with Crippen LogP contribution in [0.3, 0.4) is 0 Å². The second-order valence-corrected chi connectivity index (χ2v) is 3.45. The van der Waals surface area contributed by atoms with Crippen LogP contribution in [-0.4, -0.2) is 11.3 Å². The second kappa shape index (κ2) is 2.84. The fraction of sp³-hybridized carbons (Fsp3) is 0.889. The van der Waals surface area contributed by atoms with Gasteiger partial charge in [0.2, 0.25) is 0 Å². The summed E-state index contributed by atoms with van der Waals surface area (Å²) in [7, 11) is 0. The molecular formula is C9H17NO. The van der Waals surface area contributed by atoms with Gasteiger partial charge in [-0.2, -0.15) is 0 Å². The van der Waals surface area contributed by atoms with Crippen LogP contribution in [0.5, 0.6) is 0 Å². The fourth-order valence-corrected chi connectivity index (χ4v) is 1.78. The molecule has 0 saturated carbocycles. The smallest absolute Gasteiger partial charge is 0.142 e. The number of rotatable bonds is 2. The van der Waals surface area contributed by atoms with E-state index >= 15 is 0 Å². The van der Waals surface area contributed by atoms with Crippen molar-refractivity contribution in [2.24, 2.45) is 11.1 Å². The average Bonchev–Trinajstić information content (AvgIpc) is 2.29. The zero-order valence-corrected chi connectivity index (χ0v) is 7.85. The summed E-state index contributed by atoms with van der Waals surface area (Å²) in [6.07, 6.45) is 2.16. The summed E-state index contributed by atoms with van der Waals surface area (Å²) in [4.78, 5) is 5.39. The van der Waals surface area contributed by atoms with E-state index in [4.69, 9.17) is 4.84 Å². The van der Waals surface area contributed by atoms with E-state index in [2.05, 4.69) is 32.9 Å². The first-order valence-corrected chi connectivity index (χ1v) is 4.36. The first-order chi connectivity index (χ1) is 5.14. The van der Waals surface area contributed by atoms with Crippen molar-refractivity contribution in [1.29, 1.82) is 0 Å². The molecule has 0 spiro atoms. The minimum atomic E-state index is -0.0289. The fourth-order valence-electron chi connectivity index (χ4n) is 1.78. The van der Waals surface area contributed by atoms with Crippen molar-refractivity contribution in [1.82, 2.24) is 0 Å². The van der Waals surface area contributed by atoms with Gasteiger partial charge < -0.3 is 4.84 Å². The average molecular weight is 155 g/mol. The van der Waals surface area contributed by atoms with Gasteiger partial charge in [0.05, 0.1) is 5.71 Å². The van der Waals surface area contributed by atoms with E-state index in [0.29, 0.717) is 5.92 Å². The van der Waals surface area contributed by atoms with Gasteiger partial charge in [0, 0.05) is 5.92 Å². The first-order valence-electron chi connectivity index (χ1n) is 4.36. The minimum Gasteiger partial charge on any atom is -0.389 e. The van der Waals surface area contributed by atoms with Gasteiger partial charge in [0.15, 0.2) is 0 Å². The monoisotopic (exact) mass is 155 g/mol. The third-order valence-electron chi connectivity index (χ3n) is 2.75. The molecule has 1 rings (SSSR count). The highest BCUT2D eigenvalue weighted by atomic mass is 16.7. The number of hydrogen-bond donors (Lipinski definition) is 0. The molecule has 2 unspecified atom stereocenters. The Morgan fingerprint density at radius 2 is 2.18 bits per heavy atom. The largest absolute Gasteiger partial charge is 0.389 e. The summed E-state index contributed by atoms with van der Waals surface area (Å²) >= 11 is 0. The van der Waals surface area contributed by atoms with Crippen molar-refractivity contribution in [3.8, 4) is 0 Å². The lowest BCUT2D eigenvalue weighted by Crippen LogP contribution is -2.33. The third-order valence-corrected chi connectivity index (χ3v) is 2.75. The molecule has 0 amide bonds. The van der Waals surface area contributed by atoms with E-state index in [1.165, 1.54) is 0 Å². The van der Waals surface area contributed by atoms with Crippen LogP contribution in [0.4, 0.5) is 0 Å².